The van der Waals surface area contributed by atoms with Gasteiger partial charge in [0.1, 0.15) is 12.4 Å². The highest BCUT2D eigenvalue weighted by molar-refractivity contribution is 7.99. The van der Waals surface area contributed by atoms with Crippen LogP contribution in [-0.2, 0) is 14.3 Å². The Morgan fingerprint density at radius 3 is 3.12 bits per heavy atom. The number of carbonyl (C=O) groups excluding carboxylic acids is 2. The van der Waals surface area contributed by atoms with Crippen LogP contribution in [-0.4, -0.2) is 29.9 Å². The normalized spacial score (nSPS) is 44.4. The summed E-state index contributed by atoms with van der Waals surface area (Å²) >= 11 is 1.89. The third kappa shape index (κ3) is 1.65. The summed E-state index contributed by atoms with van der Waals surface area (Å²) in [6, 6.07) is 0. The van der Waals surface area contributed by atoms with Crippen molar-refractivity contribution in [1.82, 2.24) is 0 Å². The Hall–Kier alpha value is -0.770. The van der Waals surface area contributed by atoms with Gasteiger partial charge in [-0.3, -0.25) is 4.79 Å². The second-order valence-corrected chi connectivity index (χ2v) is 6.25. The zero-order valence-electron chi connectivity index (χ0n) is 9.80. The molecule has 0 aromatic rings. The lowest BCUT2D eigenvalue weighted by molar-refractivity contribution is -0.142. The first kappa shape index (κ1) is 11.3. The van der Waals surface area contributed by atoms with Gasteiger partial charge in [0, 0.05) is 17.6 Å². The van der Waals surface area contributed by atoms with Gasteiger partial charge in [0.05, 0.1) is 5.92 Å². The van der Waals surface area contributed by atoms with Crippen LogP contribution in [0.3, 0.4) is 0 Å². The van der Waals surface area contributed by atoms with Crippen LogP contribution in [0.1, 0.15) is 13.3 Å². The summed E-state index contributed by atoms with van der Waals surface area (Å²) in [5.74, 6) is 2.17. The summed E-state index contributed by atoms with van der Waals surface area (Å²) < 4.78 is 5.30. The van der Waals surface area contributed by atoms with Crippen molar-refractivity contribution in [2.24, 2.45) is 23.7 Å². The van der Waals surface area contributed by atoms with Gasteiger partial charge in [0.15, 0.2) is 0 Å². The van der Waals surface area contributed by atoms with Crippen LogP contribution >= 0.6 is 11.8 Å². The minimum Gasteiger partial charge on any atom is -0.462 e. The highest BCUT2D eigenvalue weighted by Gasteiger charge is 2.51. The van der Waals surface area contributed by atoms with Gasteiger partial charge in [-0.2, -0.15) is 11.8 Å². The number of ether oxygens (including phenoxy) is 1. The quantitative estimate of drug-likeness (QED) is 0.404. The molecule has 0 spiro atoms. The van der Waals surface area contributed by atoms with Crippen molar-refractivity contribution in [2.45, 2.75) is 19.4 Å². The Labute approximate surface area is 105 Å². The fraction of sp³-hybridized carbons (Fsp3) is 0.692. The summed E-state index contributed by atoms with van der Waals surface area (Å²) in [6.45, 7) is 1.91. The van der Waals surface area contributed by atoms with Gasteiger partial charge in [-0.05, 0) is 25.0 Å². The van der Waals surface area contributed by atoms with Crippen molar-refractivity contribution in [1.29, 1.82) is 0 Å². The molecule has 0 saturated carbocycles. The summed E-state index contributed by atoms with van der Waals surface area (Å²) in [5.41, 5.74) is 1.30. The van der Waals surface area contributed by atoms with Crippen molar-refractivity contribution >= 4 is 24.0 Å². The Bertz CT molecular complexity index is 390. The maximum atomic E-state index is 11.8. The van der Waals surface area contributed by atoms with E-state index in [2.05, 4.69) is 6.08 Å². The molecule has 2 fully saturated rings. The highest BCUT2D eigenvalue weighted by Crippen LogP contribution is 2.48. The van der Waals surface area contributed by atoms with E-state index in [-0.39, 0.29) is 29.8 Å². The lowest BCUT2D eigenvalue weighted by Gasteiger charge is -2.38. The molecule has 92 valence electrons. The minimum atomic E-state index is -0.176. The van der Waals surface area contributed by atoms with Crippen LogP contribution in [0.5, 0.6) is 0 Å². The first-order valence-corrected chi connectivity index (χ1v) is 7.32. The third-order valence-corrected chi connectivity index (χ3v) is 5.37. The molecule has 3 aliphatic rings. The first-order valence-electron chi connectivity index (χ1n) is 6.16. The van der Waals surface area contributed by atoms with Gasteiger partial charge in [-0.25, -0.2) is 0 Å². The van der Waals surface area contributed by atoms with Crippen molar-refractivity contribution in [3.05, 3.63) is 11.6 Å². The summed E-state index contributed by atoms with van der Waals surface area (Å²) in [6.07, 6.45) is 4.09. The molecule has 0 N–H and O–H groups in total. The molecule has 17 heavy (non-hydrogen) atoms. The van der Waals surface area contributed by atoms with E-state index in [4.69, 9.17) is 4.74 Å². The number of carbonyl (C=O) groups is 2. The van der Waals surface area contributed by atoms with Gasteiger partial charge in [0.2, 0.25) is 0 Å². The molecular formula is C13H16O3S. The van der Waals surface area contributed by atoms with Crippen LogP contribution in [0.2, 0.25) is 0 Å². The molecular weight excluding hydrogens is 236 g/mol. The number of rotatable bonds is 1. The van der Waals surface area contributed by atoms with Gasteiger partial charge < -0.3 is 9.53 Å². The van der Waals surface area contributed by atoms with Crippen molar-refractivity contribution in [3.8, 4) is 0 Å². The molecule has 0 aromatic heterocycles. The maximum Gasteiger partial charge on any atom is 0.313 e. The van der Waals surface area contributed by atoms with Gasteiger partial charge in [0.25, 0.3) is 0 Å². The molecule has 2 unspecified atom stereocenters. The fourth-order valence-electron chi connectivity index (χ4n) is 3.51. The monoisotopic (exact) mass is 252 g/mol. The average molecular weight is 252 g/mol. The predicted molar refractivity (Wildman–Crippen MR) is 65.6 cm³/mol. The number of thioether (sulfide) groups is 1. The van der Waals surface area contributed by atoms with Crippen molar-refractivity contribution in [2.75, 3.05) is 11.5 Å². The van der Waals surface area contributed by atoms with Crippen LogP contribution in [0, 0.1) is 23.7 Å². The van der Waals surface area contributed by atoms with E-state index in [1.54, 1.807) is 0 Å². The van der Waals surface area contributed by atoms with Crippen LogP contribution in [0.4, 0.5) is 0 Å². The van der Waals surface area contributed by atoms with E-state index in [1.807, 2.05) is 18.7 Å². The molecule has 5 atom stereocenters. The van der Waals surface area contributed by atoms with Crippen molar-refractivity contribution < 1.29 is 14.3 Å². The standard InChI is InChI=1S/C13H16O3S/c1-7-12-10(13(15)16-7)4-8-6-17-3-2-9(8)11(12)5-14/h4-5,7,9-12H,2-3,6H2,1H3/t7-,9?,10?,11+,12-/m1/s1. The number of hydrogen-bond donors (Lipinski definition) is 0. The van der Waals surface area contributed by atoms with Crippen LogP contribution in [0.25, 0.3) is 0 Å². The molecule has 3 rings (SSSR count). The number of aldehydes is 1. The zero-order valence-corrected chi connectivity index (χ0v) is 10.6. The average Bonchev–Trinajstić information content (AvgIpc) is 2.62. The van der Waals surface area contributed by atoms with Crippen molar-refractivity contribution in [3.63, 3.8) is 0 Å². The number of cyclic esters (lactones) is 1. The summed E-state index contributed by atoms with van der Waals surface area (Å²) in [7, 11) is 0. The topological polar surface area (TPSA) is 43.4 Å². The van der Waals surface area contributed by atoms with Crippen LogP contribution < -0.4 is 0 Å². The van der Waals surface area contributed by atoms with E-state index in [1.165, 1.54) is 5.57 Å². The van der Waals surface area contributed by atoms with E-state index in [0.29, 0.717) is 5.92 Å². The summed E-state index contributed by atoms with van der Waals surface area (Å²) in [4.78, 5) is 23.2. The predicted octanol–water partition coefficient (Wildman–Crippen LogP) is 1.67. The third-order valence-electron chi connectivity index (χ3n) is 4.31. The number of esters is 1. The smallest absolute Gasteiger partial charge is 0.313 e. The zero-order chi connectivity index (χ0) is 12.0. The van der Waals surface area contributed by atoms with Gasteiger partial charge >= 0.3 is 5.97 Å². The van der Waals surface area contributed by atoms with E-state index in [0.717, 1.165) is 24.2 Å². The lowest BCUT2D eigenvalue weighted by atomic mass is 9.66. The molecule has 4 heteroatoms. The minimum absolute atomic E-state index is 0.0256. The molecule has 0 aromatic carbocycles. The van der Waals surface area contributed by atoms with Gasteiger partial charge in [-0.15, -0.1) is 0 Å². The maximum absolute atomic E-state index is 11.8. The molecule has 1 aliphatic carbocycles. The first-order chi connectivity index (χ1) is 8.22. The lowest BCUT2D eigenvalue weighted by Crippen LogP contribution is -2.39. The fourth-order valence-corrected chi connectivity index (χ4v) is 4.62. The Kier molecular flexibility index (Phi) is 2.77. The largest absolute Gasteiger partial charge is 0.462 e. The molecule has 2 saturated heterocycles. The van der Waals surface area contributed by atoms with E-state index >= 15 is 0 Å². The molecule has 0 amide bonds. The molecule has 2 aliphatic heterocycles. The number of hydrogen-bond acceptors (Lipinski definition) is 4. The Morgan fingerprint density at radius 2 is 2.35 bits per heavy atom. The SMILES string of the molecule is C[C@H]1OC(=O)C2C=C3CSCCC3[C@H](C=O)[C@@H]21. The molecule has 2 heterocycles. The Balaban J connectivity index is 2.00. The molecule has 0 radical (unpaired) electrons. The summed E-state index contributed by atoms with van der Waals surface area (Å²) in [5, 5.41) is 0. The second kappa shape index (κ2) is 4.16. The molecule has 3 nitrogen and oxygen atoms in total. The Morgan fingerprint density at radius 1 is 1.53 bits per heavy atom. The van der Waals surface area contributed by atoms with Gasteiger partial charge in [-0.1, -0.05) is 11.6 Å². The number of fused-ring (bicyclic) bond motifs is 2. The second-order valence-electron chi connectivity index (χ2n) is 5.15. The van der Waals surface area contributed by atoms with Crippen LogP contribution in [0.15, 0.2) is 11.6 Å². The van der Waals surface area contributed by atoms with E-state index in [9.17, 15) is 9.59 Å². The highest BCUT2D eigenvalue weighted by atomic mass is 32.2. The molecule has 0 bridgehead atoms. The van der Waals surface area contributed by atoms with E-state index < -0.39 is 0 Å².